The fourth-order valence-corrected chi connectivity index (χ4v) is 2.09. The van der Waals surface area contributed by atoms with Crippen LogP contribution in [0.4, 0.5) is 13.2 Å². The van der Waals surface area contributed by atoms with Crippen LogP contribution in [0.3, 0.4) is 0 Å². The molecular weight excluding hydrogens is 333 g/mol. The standard InChI is InChI=1S/C14H14ClF3N4O/c1-19-6-7-20-13(23)11-8-21-22(12(11)14(16,17)18)10-4-2-9(15)3-5-10/h2-5,8,19H,6-7H2,1H3,(H,20,23). The number of nitrogens with zero attached hydrogens (tertiary/aromatic N) is 2. The van der Waals surface area contributed by atoms with Crippen LogP contribution < -0.4 is 10.6 Å². The molecule has 0 saturated heterocycles. The smallest absolute Gasteiger partial charge is 0.351 e. The molecule has 0 saturated carbocycles. The van der Waals surface area contributed by atoms with Crippen molar-refractivity contribution in [3.05, 3.63) is 46.7 Å². The van der Waals surface area contributed by atoms with E-state index in [0.29, 0.717) is 16.2 Å². The Morgan fingerprint density at radius 1 is 1.26 bits per heavy atom. The Labute approximate surface area is 135 Å². The van der Waals surface area contributed by atoms with Gasteiger partial charge in [0.25, 0.3) is 5.91 Å². The maximum atomic E-state index is 13.4. The molecule has 1 amide bonds. The fraction of sp³-hybridized carbons (Fsp3) is 0.286. The first-order valence-electron chi connectivity index (χ1n) is 6.68. The largest absolute Gasteiger partial charge is 0.434 e. The molecule has 5 nitrogen and oxygen atoms in total. The SMILES string of the molecule is CNCCNC(=O)c1cnn(-c2ccc(Cl)cc2)c1C(F)(F)F. The number of carbonyl (C=O) groups excluding carboxylic acids is 1. The zero-order chi connectivity index (χ0) is 17.0. The summed E-state index contributed by atoms with van der Waals surface area (Å²) < 4.78 is 40.8. The third-order valence-corrected chi connectivity index (χ3v) is 3.27. The molecule has 0 radical (unpaired) electrons. The number of aromatic nitrogens is 2. The van der Waals surface area contributed by atoms with Crippen LogP contribution in [-0.4, -0.2) is 35.8 Å². The average molecular weight is 347 g/mol. The van der Waals surface area contributed by atoms with Crippen LogP contribution in [0, 0.1) is 0 Å². The summed E-state index contributed by atoms with van der Waals surface area (Å²) >= 11 is 5.73. The summed E-state index contributed by atoms with van der Waals surface area (Å²) in [5, 5.41) is 9.29. The van der Waals surface area contributed by atoms with Gasteiger partial charge in [-0.05, 0) is 31.3 Å². The van der Waals surface area contributed by atoms with Gasteiger partial charge in [0, 0.05) is 18.1 Å². The van der Waals surface area contributed by atoms with E-state index in [4.69, 9.17) is 11.6 Å². The van der Waals surface area contributed by atoms with Crippen LogP contribution in [0.15, 0.2) is 30.5 Å². The van der Waals surface area contributed by atoms with Crippen molar-refractivity contribution in [3.8, 4) is 5.69 Å². The molecule has 2 aromatic rings. The Balaban J connectivity index is 2.41. The maximum Gasteiger partial charge on any atom is 0.434 e. The lowest BCUT2D eigenvalue weighted by Crippen LogP contribution is -2.31. The molecule has 0 aliphatic heterocycles. The number of hydrogen-bond acceptors (Lipinski definition) is 3. The minimum absolute atomic E-state index is 0.163. The van der Waals surface area contributed by atoms with Crippen LogP contribution in [0.1, 0.15) is 16.1 Å². The highest BCUT2D eigenvalue weighted by Gasteiger charge is 2.40. The van der Waals surface area contributed by atoms with Gasteiger partial charge in [-0.3, -0.25) is 4.79 Å². The summed E-state index contributed by atoms with van der Waals surface area (Å²) in [5.41, 5.74) is -1.48. The Morgan fingerprint density at radius 3 is 2.48 bits per heavy atom. The van der Waals surface area contributed by atoms with Gasteiger partial charge >= 0.3 is 6.18 Å². The number of likely N-dealkylation sites (N-methyl/N-ethyl adjacent to an activating group) is 1. The van der Waals surface area contributed by atoms with E-state index < -0.39 is 23.3 Å². The topological polar surface area (TPSA) is 58.9 Å². The fourth-order valence-electron chi connectivity index (χ4n) is 1.96. The second-order valence-corrected chi connectivity index (χ2v) is 5.09. The lowest BCUT2D eigenvalue weighted by Gasteiger charge is -2.13. The Kier molecular flexibility index (Phi) is 5.27. The van der Waals surface area contributed by atoms with E-state index in [-0.39, 0.29) is 12.2 Å². The number of alkyl halides is 3. The Bertz CT molecular complexity index is 682. The highest BCUT2D eigenvalue weighted by atomic mass is 35.5. The molecule has 0 bridgehead atoms. The lowest BCUT2D eigenvalue weighted by atomic mass is 10.2. The first-order valence-corrected chi connectivity index (χ1v) is 7.06. The summed E-state index contributed by atoms with van der Waals surface area (Å²) in [4.78, 5) is 12.0. The number of amides is 1. The highest BCUT2D eigenvalue weighted by molar-refractivity contribution is 6.30. The molecule has 0 spiro atoms. The van der Waals surface area contributed by atoms with Gasteiger partial charge in [-0.1, -0.05) is 11.6 Å². The van der Waals surface area contributed by atoms with E-state index in [1.807, 2.05) is 0 Å². The summed E-state index contributed by atoms with van der Waals surface area (Å²) in [6, 6.07) is 5.69. The van der Waals surface area contributed by atoms with E-state index in [9.17, 15) is 18.0 Å². The summed E-state index contributed by atoms with van der Waals surface area (Å²) in [6.45, 7) is 0.650. The molecule has 1 heterocycles. The van der Waals surface area contributed by atoms with E-state index in [0.717, 1.165) is 6.20 Å². The van der Waals surface area contributed by atoms with E-state index in [1.54, 1.807) is 7.05 Å². The van der Waals surface area contributed by atoms with Gasteiger partial charge in [0.1, 0.15) is 0 Å². The molecule has 0 fully saturated rings. The molecule has 0 atom stereocenters. The Morgan fingerprint density at radius 2 is 1.91 bits per heavy atom. The van der Waals surface area contributed by atoms with Crippen LogP contribution in [-0.2, 0) is 6.18 Å². The molecule has 0 unspecified atom stereocenters. The van der Waals surface area contributed by atoms with Gasteiger partial charge in [0.2, 0.25) is 0 Å². The number of nitrogens with one attached hydrogen (secondary N) is 2. The molecule has 1 aromatic carbocycles. The predicted octanol–water partition coefficient (Wildman–Crippen LogP) is 2.49. The molecule has 0 aliphatic rings. The van der Waals surface area contributed by atoms with Crippen molar-refractivity contribution in [1.29, 1.82) is 0 Å². The van der Waals surface area contributed by atoms with Crippen molar-refractivity contribution in [3.63, 3.8) is 0 Å². The molecule has 0 aliphatic carbocycles. The van der Waals surface area contributed by atoms with Crippen molar-refractivity contribution >= 4 is 17.5 Å². The first kappa shape index (κ1) is 17.3. The van der Waals surface area contributed by atoms with E-state index in [1.165, 1.54) is 24.3 Å². The van der Waals surface area contributed by atoms with Crippen molar-refractivity contribution in [2.24, 2.45) is 0 Å². The minimum atomic E-state index is -4.73. The van der Waals surface area contributed by atoms with Gasteiger partial charge < -0.3 is 10.6 Å². The number of halogens is 4. The summed E-state index contributed by atoms with van der Waals surface area (Å²) in [5.74, 6) is -0.826. The van der Waals surface area contributed by atoms with Crippen molar-refractivity contribution in [2.45, 2.75) is 6.18 Å². The molecule has 124 valence electrons. The number of carbonyl (C=O) groups is 1. The van der Waals surface area contributed by atoms with Crippen LogP contribution in [0.25, 0.3) is 5.69 Å². The van der Waals surface area contributed by atoms with Gasteiger partial charge in [-0.25, -0.2) is 4.68 Å². The predicted molar refractivity (Wildman–Crippen MR) is 79.8 cm³/mol. The molecule has 1 aromatic heterocycles. The summed E-state index contributed by atoms with van der Waals surface area (Å²) in [6.07, 6.45) is -3.82. The first-order chi connectivity index (χ1) is 10.8. The Hall–Kier alpha value is -2.06. The van der Waals surface area contributed by atoms with Crippen LogP contribution in [0.5, 0.6) is 0 Å². The lowest BCUT2D eigenvalue weighted by molar-refractivity contribution is -0.143. The third-order valence-electron chi connectivity index (χ3n) is 3.01. The second kappa shape index (κ2) is 7.01. The number of rotatable bonds is 5. The average Bonchev–Trinajstić information content (AvgIpc) is 2.93. The minimum Gasteiger partial charge on any atom is -0.351 e. The van der Waals surface area contributed by atoms with Crippen LogP contribution in [0.2, 0.25) is 5.02 Å². The maximum absolute atomic E-state index is 13.4. The summed E-state index contributed by atoms with van der Waals surface area (Å²) in [7, 11) is 1.67. The molecule has 9 heteroatoms. The quantitative estimate of drug-likeness (QED) is 0.818. The van der Waals surface area contributed by atoms with Gasteiger partial charge in [-0.15, -0.1) is 0 Å². The van der Waals surface area contributed by atoms with E-state index >= 15 is 0 Å². The molecule has 2 rings (SSSR count). The van der Waals surface area contributed by atoms with Crippen molar-refractivity contribution in [1.82, 2.24) is 20.4 Å². The zero-order valence-corrected chi connectivity index (χ0v) is 12.9. The normalized spacial score (nSPS) is 11.5. The highest BCUT2D eigenvalue weighted by Crippen LogP contribution is 2.33. The monoisotopic (exact) mass is 346 g/mol. The molecular formula is C14H14ClF3N4O. The third kappa shape index (κ3) is 4.02. The zero-order valence-electron chi connectivity index (χ0n) is 12.1. The van der Waals surface area contributed by atoms with E-state index in [2.05, 4.69) is 15.7 Å². The van der Waals surface area contributed by atoms with Gasteiger partial charge in [-0.2, -0.15) is 18.3 Å². The molecule has 2 N–H and O–H groups in total. The van der Waals surface area contributed by atoms with Gasteiger partial charge in [0.05, 0.1) is 17.4 Å². The number of hydrogen-bond donors (Lipinski definition) is 2. The number of benzene rings is 1. The van der Waals surface area contributed by atoms with Crippen LogP contribution >= 0.6 is 11.6 Å². The van der Waals surface area contributed by atoms with Crippen molar-refractivity contribution < 1.29 is 18.0 Å². The second-order valence-electron chi connectivity index (χ2n) is 4.65. The van der Waals surface area contributed by atoms with Gasteiger partial charge in [0.15, 0.2) is 5.69 Å². The molecule has 23 heavy (non-hydrogen) atoms. The van der Waals surface area contributed by atoms with Crippen molar-refractivity contribution in [2.75, 3.05) is 20.1 Å².